The molecule has 0 spiro atoms. The van der Waals surface area contributed by atoms with Crippen LogP contribution in [-0.2, 0) is 29.7 Å². The lowest BCUT2D eigenvalue weighted by Crippen LogP contribution is -2.54. The van der Waals surface area contributed by atoms with Crippen molar-refractivity contribution in [2.24, 2.45) is 16.1 Å². The summed E-state index contributed by atoms with van der Waals surface area (Å²) in [4.78, 5) is 15.7. The molecule has 1 atom stereocenters. The summed E-state index contributed by atoms with van der Waals surface area (Å²) in [6.45, 7) is 21.3. The van der Waals surface area contributed by atoms with Crippen LogP contribution in [0.2, 0.25) is 0 Å². The van der Waals surface area contributed by atoms with Gasteiger partial charge in [0.05, 0.1) is 18.4 Å². The van der Waals surface area contributed by atoms with Crippen LogP contribution in [0.5, 0.6) is 0 Å². The molecule has 6 nitrogen and oxygen atoms in total. The highest BCUT2D eigenvalue weighted by atomic mass is 19.3. The first-order chi connectivity index (χ1) is 22.1. The van der Waals surface area contributed by atoms with Gasteiger partial charge in [0.2, 0.25) is 0 Å². The molecule has 0 bridgehead atoms. The summed E-state index contributed by atoms with van der Waals surface area (Å²) in [7, 11) is 0. The lowest BCUT2D eigenvalue weighted by molar-refractivity contribution is -0.267. The molecule has 1 amide bonds. The Morgan fingerprint density at radius 3 is 2.41 bits per heavy atom. The van der Waals surface area contributed by atoms with Crippen molar-refractivity contribution >= 4 is 23.5 Å². The predicted molar refractivity (Wildman–Crippen MR) is 190 cm³/mol. The van der Waals surface area contributed by atoms with E-state index in [1.165, 1.54) is 5.56 Å². The number of carbonyl (C=O) groups is 1. The number of hydrogen-bond donors (Lipinski definition) is 1. The van der Waals surface area contributed by atoms with Crippen molar-refractivity contribution in [2.45, 2.75) is 138 Å². The number of anilines is 1. The van der Waals surface area contributed by atoms with Crippen LogP contribution < -0.4 is 10.2 Å². The molecular formula is C38H58F2N4O2. The van der Waals surface area contributed by atoms with E-state index in [0.717, 1.165) is 79.3 Å². The number of carbonyl (C=O) groups excluding carboxylic acids is 1. The summed E-state index contributed by atoms with van der Waals surface area (Å²) in [6, 6.07) is 12.3. The second-order valence-corrected chi connectivity index (χ2v) is 11.9. The lowest BCUT2D eigenvalue weighted by atomic mass is 9.57. The van der Waals surface area contributed by atoms with E-state index in [1.807, 2.05) is 69.9 Å². The van der Waals surface area contributed by atoms with Crippen LogP contribution in [0, 0.1) is 5.92 Å². The number of amides is 1. The molecular weight excluding hydrogens is 582 g/mol. The van der Waals surface area contributed by atoms with Crippen LogP contribution >= 0.6 is 0 Å². The molecule has 1 saturated carbocycles. The molecule has 1 aliphatic heterocycles. The number of fused-ring (bicyclic) bond motifs is 1. The van der Waals surface area contributed by atoms with E-state index in [2.05, 4.69) is 49.3 Å². The van der Waals surface area contributed by atoms with Crippen molar-refractivity contribution < 1.29 is 18.3 Å². The Bertz CT molecular complexity index is 1310. The number of nitrogens with zero attached hydrogens (tertiary/aromatic N) is 3. The van der Waals surface area contributed by atoms with Gasteiger partial charge in [-0.15, -0.1) is 0 Å². The maximum Gasteiger partial charge on any atom is 0.353 e. The zero-order valence-electron chi connectivity index (χ0n) is 30.0. The van der Waals surface area contributed by atoms with Gasteiger partial charge in [0, 0.05) is 36.3 Å². The van der Waals surface area contributed by atoms with Crippen LogP contribution in [0.4, 0.5) is 14.5 Å². The van der Waals surface area contributed by atoms with E-state index in [0.29, 0.717) is 19.4 Å². The van der Waals surface area contributed by atoms with Gasteiger partial charge >= 0.3 is 6.11 Å². The normalized spacial score (nSPS) is 20.0. The summed E-state index contributed by atoms with van der Waals surface area (Å²) in [5, 5.41) is 12.3. The van der Waals surface area contributed by atoms with Crippen molar-refractivity contribution in [3.8, 4) is 0 Å². The molecule has 1 aliphatic carbocycles. The van der Waals surface area contributed by atoms with Crippen molar-refractivity contribution in [3.05, 3.63) is 64.2 Å². The molecule has 2 aromatic rings. The van der Waals surface area contributed by atoms with E-state index < -0.39 is 17.6 Å². The van der Waals surface area contributed by atoms with Crippen LogP contribution in [0.25, 0.3) is 0 Å². The summed E-state index contributed by atoms with van der Waals surface area (Å²) in [6.07, 6.45) is 2.41. The van der Waals surface area contributed by atoms with Crippen molar-refractivity contribution in [2.75, 3.05) is 11.4 Å². The van der Waals surface area contributed by atoms with Crippen molar-refractivity contribution in [3.63, 3.8) is 0 Å². The van der Waals surface area contributed by atoms with Crippen LogP contribution in [0.15, 0.2) is 46.6 Å². The molecule has 4 rings (SSSR count). The number of benzene rings is 2. The quantitative estimate of drug-likeness (QED) is 0.127. The van der Waals surface area contributed by atoms with Gasteiger partial charge in [-0.2, -0.15) is 19.0 Å². The fourth-order valence-corrected chi connectivity index (χ4v) is 6.40. The Hall–Kier alpha value is -2.97. The molecule has 256 valence electrons. The SMILES string of the molecule is C/C=N\N=C(/C(C)CC)C1(c2cccc(N3Cc4c(CCC)cc(CNCCC)cc4C3=O)c2)CC(OC(C)(F)F)C1.CC.CC. The number of rotatable bonds is 14. The smallest absolute Gasteiger partial charge is 0.317 e. The first-order valence-electron chi connectivity index (χ1n) is 17.5. The summed E-state index contributed by atoms with van der Waals surface area (Å²) < 4.78 is 32.7. The minimum Gasteiger partial charge on any atom is -0.317 e. The van der Waals surface area contributed by atoms with Gasteiger partial charge in [-0.05, 0) is 91.9 Å². The van der Waals surface area contributed by atoms with E-state index in [9.17, 15) is 13.6 Å². The number of ether oxygens (including phenoxy) is 1. The molecule has 1 heterocycles. The maximum absolute atomic E-state index is 13.9. The highest BCUT2D eigenvalue weighted by Gasteiger charge is 2.53. The van der Waals surface area contributed by atoms with Gasteiger partial charge in [-0.3, -0.25) is 4.79 Å². The first kappa shape index (κ1) is 39.2. The number of nitrogens with one attached hydrogen (secondary N) is 1. The van der Waals surface area contributed by atoms with E-state index in [4.69, 9.17) is 4.74 Å². The zero-order valence-corrected chi connectivity index (χ0v) is 30.0. The molecule has 0 saturated heterocycles. The molecule has 0 radical (unpaired) electrons. The average Bonchev–Trinajstić information content (AvgIpc) is 3.37. The fraction of sp³-hybridized carbons (Fsp3) is 0.605. The summed E-state index contributed by atoms with van der Waals surface area (Å²) in [5.74, 6) is 0.0900. The molecule has 1 unspecified atom stereocenters. The van der Waals surface area contributed by atoms with E-state index >= 15 is 0 Å². The highest BCUT2D eigenvalue weighted by Crippen LogP contribution is 2.50. The van der Waals surface area contributed by atoms with Crippen LogP contribution in [0.3, 0.4) is 0 Å². The average molecular weight is 641 g/mol. The predicted octanol–water partition coefficient (Wildman–Crippen LogP) is 9.87. The molecule has 2 aliphatic rings. The van der Waals surface area contributed by atoms with Crippen LogP contribution in [0.1, 0.15) is 134 Å². The lowest BCUT2D eigenvalue weighted by Gasteiger charge is -2.50. The summed E-state index contributed by atoms with van der Waals surface area (Å²) in [5.41, 5.74) is 6.25. The third kappa shape index (κ3) is 9.31. The van der Waals surface area contributed by atoms with Gasteiger partial charge < -0.3 is 15.0 Å². The Morgan fingerprint density at radius 1 is 1.13 bits per heavy atom. The van der Waals surface area contributed by atoms with Crippen LogP contribution in [-0.4, -0.2) is 36.6 Å². The monoisotopic (exact) mass is 640 g/mol. The largest absolute Gasteiger partial charge is 0.353 e. The maximum atomic E-state index is 13.9. The number of halogens is 2. The van der Waals surface area contributed by atoms with Gasteiger partial charge in [-0.1, -0.05) is 80.0 Å². The Balaban J connectivity index is 0.00000177. The highest BCUT2D eigenvalue weighted by molar-refractivity contribution is 6.10. The molecule has 0 aromatic heterocycles. The Kier molecular flexibility index (Phi) is 15.7. The topological polar surface area (TPSA) is 66.3 Å². The standard InChI is InChI=1S/C34H46F2N4O2.2C2H6/c1-7-12-25-16-24(21-37-15-8-2)17-29-30(25)22-40(32(29)41)27-14-11-13-26(18-27)34(19-28(20-34)42-33(6,35)36)31(23(5)9-3)39-38-10-4;2*1-2/h10-11,13-14,16-18,23,28,37H,7-9,12,15,19-22H2,1-6H3;2*1-2H3/b38-10-,39-31+;;. The van der Waals surface area contributed by atoms with Crippen molar-refractivity contribution in [1.29, 1.82) is 0 Å². The second kappa shape index (κ2) is 18.4. The van der Waals surface area contributed by atoms with Gasteiger partial charge in [0.15, 0.2) is 0 Å². The third-order valence-corrected chi connectivity index (χ3v) is 8.56. The molecule has 46 heavy (non-hydrogen) atoms. The molecule has 1 fully saturated rings. The second-order valence-electron chi connectivity index (χ2n) is 11.9. The summed E-state index contributed by atoms with van der Waals surface area (Å²) >= 11 is 0. The molecule has 8 heteroatoms. The third-order valence-electron chi connectivity index (χ3n) is 8.56. The van der Waals surface area contributed by atoms with Gasteiger partial charge in [0.1, 0.15) is 0 Å². The minimum atomic E-state index is -3.21. The minimum absolute atomic E-state index is 0.00209. The van der Waals surface area contributed by atoms with E-state index in [-0.39, 0.29) is 11.8 Å². The number of hydrogen-bond acceptors (Lipinski definition) is 5. The molecule has 2 aromatic carbocycles. The van der Waals surface area contributed by atoms with Gasteiger partial charge in [-0.25, -0.2) is 0 Å². The van der Waals surface area contributed by atoms with E-state index in [1.54, 1.807) is 6.21 Å². The number of aryl methyl sites for hydroxylation is 1. The van der Waals surface area contributed by atoms with Crippen molar-refractivity contribution in [1.82, 2.24) is 5.32 Å². The first-order valence-corrected chi connectivity index (χ1v) is 17.5. The Morgan fingerprint density at radius 2 is 1.83 bits per heavy atom. The Labute approximate surface area is 277 Å². The zero-order chi connectivity index (χ0) is 34.5. The molecule has 1 N–H and O–H groups in total. The fourth-order valence-electron chi connectivity index (χ4n) is 6.40. The van der Waals surface area contributed by atoms with Gasteiger partial charge in [0.25, 0.3) is 5.91 Å². The number of alkyl halides is 2.